The Morgan fingerprint density at radius 1 is 1.20 bits per heavy atom. The Bertz CT molecular complexity index is 170. The van der Waals surface area contributed by atoms with E-state index in [0.717, 1.165) is 6.92 Å². The van der Waals surface area contributed by atoms with Crippen molar-refractivity contribution in [3.63, 3.8) is 0 Å². The standard InChI is InChI=1S/C3H4BrF5S/c1-3(4)2-10(5,6,7,8)9/h2H,1H3/b3-2-. The van der Waals surface area contributed by atoms with Crippen LogP contribution in [-0.2, 0) is 0 Å². The van der Waals surface area contributed by atoms with Crippen LogP contribution in [0.3, 0.4) is 0 Å². The van der Waals surface area contributed by atoms with Gasteiger partial charge in [-0.15, -0.1) is 0 Å². The van der Waals surface area contributed by atoms with Crippen molar-refractivity contribution < 1.29 is 19.4 Å². The molecule has 0 aliphatic rings. The van der Waals surface area contributed by atoms with Gasteiger partial charge in [-0.25, -0.2) is 0 Å². The highest BCUT2D eigenvalue weighted by Crippen LogP contribution is 2.99. The molecule has 0 amide bonds. The van der Waals surface area contributed by atoms with Crippen molar-refractivity contribution >= 4 is 26.2 Å². The average Bonchev–Trinajstić information content (AvgIpc) is 1.12. The van der Waals surface area contributed by atoms with E-state index in [1.807, 2.05) is 0 Å². The number of hydrogen-bond donors (Lipinski definition) is 0. The molecule has 0 aromatic carbocycles. The molecular weight excluding hydrogens is 243 g/mol. The van der Waals surface area contributed by atoms with Crippen LogP contribution in [0.4, 0.5) is 19.4 Å². The van der Waals surface area contributed by atoms with E-state index in [1.165, 1.54) is 0 Å². The van der Waals surface area contributed by atoms with Gasteiger partial charge in [-0.1, -0.05) is 35.4 Å². The first-order valence-corrected chi connectivity index (χ1v) is 4.79. The lowest BCUT2D eigenvalue weighted by Crippen LogP contribution is -1.99. The zero-order chi connectivity index (χ0) is 8.69. The Labute approximate surface area is 62.9 Å². The van der Waals surface area contributed by atoms with E-state index >= 15 is 0 Å². The lowest BCUT2D eigenvalue weighted by atomic mass is 10.8. The molecule has 7 heteroatoms. The summed E-state index contributed by atoms with van der Waals surface area (Å²) in [7, 11) is -9.31. The third-order valence-electron chi connectivity index (χ3n) is 0.385. The van der Waals surface area contributed by atoms with Gasteiger partial charge >= 0.3 is 10.2 Å². The monoisotopic (exact) mass is 246 g/mol. The van der Waals surface area contributed by atoms with E-state index in [1.54, 1.807) is 0 Å². The van der Waals surface area contributed by atoms with E-state index in [4.69, 9.17) is 0 Å². The van der Waals surface area contributed by atoms with Crippen molar-refractivity contribution in [1.82, 2.24) is 0 Å². The van der Waals surface area contributed by atoms with Crippen molar-refractivity contribution in [2.75, 3.05) is 0 Å². The Morgan fingerprint density at radius 2 is 1.50 bits per heavy atom. The van der Waals surface area contributed by atoms with Crippen molar-refractivity contribution in [3.8, 4) is 0 Å². The molecule has 64 valence electrons. The summed E-state index contributed by atoms with van der Waals surface area (Å²) in [5.41, 5.74) is 0. The lowest BCUT2D eigenvalue weighted by molar-refractivity contribution is 0.384. The van der Waals surface area contributed by atoms with Crippen LogP contribution in [-0.4, -0.2) is 0 Å². The Morgan fingerprint density at radius 3 is 1.50 bits per heavy atom. The normalized spacial score (nSPS) is 21.7. The zero-order valence-electron chi connectivity index (χ0n) is 4.75. The number of allylic oxidation sites excluding steroid dienone is 1. The summed E-state index contributed by atoms with van der Waals surface area (Å²) in [6, 6.07) is 0. The second-order valence-corrected chi connectivity index (χ2v) is 5.28. The maximum Gasteiger partial charge on any atom is 0.305 e. The van der Waals surface area contributed by atoms with Gasteiger partial charge in [0.1, 0.15) is 0 Å². The lowest BCUT2D eigenvalue weighted by Gasteiger charge is -2.36. The minimum Gasteiger partial charge on any atom is -0.0941 e. The Balaban J connectivity index is 4.96. The van der Waals surface area contributed by atoms with Gasteiger partial charge in [-0.2, -0.15) is 0 Å². The molecule has 0 unspecified atom stereocenters. The third-order valence-corrected chi connectivity index (χ3v) is 1.72. The maximum atomic E-state index is 11.4. The SMILES string of the molecule is C/C(Br)=C/S(F)(F)(F)(F)F. The molecule has 0 bridgehead atoms. The van der Waals surface area contributed by atoms with Crippen molar-refractivity contribution in [1.29, 1.82) is 0 Å². The second-order valence-electron chi connectivity index (χ2n) is 1.73. The van der Waals surface area contributed by atoms with E-state index in [0.29, 0.717) is 0 Å². The third kappa shape index (κ3) is 8.22. The van der Waals surface area contributed by atoms with Crippen LogP contribution in [0.5, 0.6) is 0 Å². The minimum atomic E-state index is -9.31. The number of rotatable bonds is 1. The van der Waals surface area contributed by atoms with Gasteiger partial charge < -0.3 is 0 Å². The molecule has 0 atom stereocenters. The van der Waals surface area contributed by atoms with E-state index in [9.17, 15) is 19.4 Å². The maximum absolute atomic E-state index is 11.4. The van der Waals surface area contributed by atoms with Gasteiger partial charge in [0.2, 0.25) is 0 Å². The topological polar surface area (TPSA) is 0 Å². The highest BCUT2D eigenvalue weighted by atomic mass is 79.9. The first-order valence-electron chi connectivity index (χ1n) is 1.98. The summed E-state index contributed by atoms with van der Waals surface area (Å²) in [5, 5.41) is -0.986. The fraction of sp³-hybridized carbons (Fsp3) is 0.333. The van der Waals surface area contributed by atoms with E-state index in [-0.39, 0.29) is 0 Å². The molecule has 10 heavy (non-hydrogen) atoms. The summed E-state index contributed by atoms with van der Waals surface area (Å²) in [5.74, 6) is 0. The highest BCUT2D eigenvalue weighted by molar-refractivity contribution is 9.11. The number of hydrogen-bond acceptors (Lipinski definition) is 0. The minimum absolute atomic E-state index is 0.633. The van der Waals surface area contributed by atoms with Gasteiger partial charge in [-0.3, -0.25) is 0 Å². The summed E-state index contributed by atoms with van der Waals surface area (Å²) in [4.78, 5) is 0. The predicted octanol–water partition coefficient (Wildman–Crippen LogP) is 4.54. The Hall–Kier alpha value is 0.220. The van der Waals surface area contributed by atoms with Crippen LogP contribution in [0, 0.1) is 0 Å². The quantitative estimate of drug-likeness (QED) is 0.596. The van der Waals surface area contributed by atoms with Gasteiger partial charge in [0.25, 0.3) is 0 Å². The molecule has 0 N–H and O–H groups in total. The predicted molar refractivity (Wildman–Crippen MR) is 35.8 cm³/mol. The van der Waals surface area contributed by atoms with Crippen LogP contribution < -0.4 is 0 Å². The van der Waals surface area contributed by atoms with Crippen molar-refractivity contribution in [3.05, 3.63) is 9.89 Å². The van der Waals surface area contributed by atoms with Crippen LogP contribution in [0.1, 0.15) is 6.92 Å². The Kier molecular flexibility index (Phi) is 1.72. The molecule has 0 fully saturated rings. The van der Waals surface area contributed by atoms with E-state index < -0.39 is 20.1 Å². The first-order chi connectivity index (χ1) is 3.89. The molecule has 0 spiro atoms. The summed E-state index contributed by atoms with van der Waals surface area (Å²) in [6.45, 7) is 0.887. The summed E-state index contributed by atoms with van der Waals surface area (Å²) < 4.78 is 56.2. The molecular formula is C3H4BrF5S. The van der Waals surface area contributed by atoms with Crippen LogP contribution in [0.15, 0.2) is 9.89 Å². The van der Waals surface area contributed by atoms with Gasteiger partial charge in [-0.05, 0) is 6.92 Å². The van der Waals surface area contributed by atoms with Crippen LogP contribution in [0.2, 0.25) is 0 Å². The van der Waals surface area contributed by atoms with Crippen molar-refractivity contribution in [2.24, 2.45) is 0 Å². The molecule has 0 rings (SSSR count). The molecule has 0 radical (unpaired) electrons. The van der Waals surface area contributed by atoms with Gasteiger partial charge in [0.15, 0.2) is 0 Å². The molecule has 0 saturated carbocycles. The second kappa shape index (κ2) is 1.69. The molecule has 0 heterocycles. The van der Waals surface area contributed by atoms with E-state index in [2.05, 4.69) is 15.9 Å². The average molecular weight is 247 g/mol. The summed E-state index contributed by atoms with van der Waals surface area (Å²) in [6.07, 6.45) is 0. The number of halogens is 6. The highest BCUT2D eigenvalue weighted by Gasteiger charge is 2.61. The van der Waals surface area contributed by atoms with Crippen LogP contribution >= 0.6 is 26.2 Å². The molecule has 0 aliphatic heterocycles. The van der Waals surface area contributed by atoms with Crippen LogP contribution in [0.25, 0.3) is 0 Å². The largest absolute Gasteiger partial charge is 0.305 e. The summed E-state index contributed by atoms with van der Waals surface area (Å²) >= 11 is 2.27. The first kappa shape index (κ1) is 10.2. The molecule has 0 saturated heterocycles. The van der Waals surface area contributed by atoms with Crippen molar-refractivity contribution in [2.45, 2.75) is 6.92 Å². The zero-order valence-corrected chi connectivity index (χ0v) is 7.16. The fourth-order valence-electron chi connectivity index (χ4n) is 0.307. The van der Waals surface area contributed by atoms with Gasteiger partial charge in [0.05, 0.1) is 5.41 Å². The fourth-order valence-corrected chi connectivity index (χ4v) is 1.98. The molecule has 0 aromatic rings. The molecule has 0 nitrogen and oxygen atoms in total. The van der Waals surface area contributed by atoms with Gasteiger partial charge in [0, 0.05) is 4.48 Å². The smallest absolute Gasteiger partial charge is 0.0941 e. The molecule has 0 aliphatic carbocycles. The molecule has 0 aromatic heterocycles.